The summed E-state index contributed by atoms with van der Waals surface area (Å²) >= 11 is 6.00. The Kier molecular flexibility index (Phi) is 7.20. The summed E-state index contributed by atoms with van der Waals surface area (Å²) in [4.78, 5) is 31.5. The minimum absolute atomic E-state index is 0.00827. The summed E-state index contributed by atoms with van der Waals surface area (Å²) < 4.78 is 19.7. The van der Waals surface area contributed by atoms with Crippen LogP contribution in [-0.2, 0) is 4.74 Å². The van der Waals surface area contributed by atoms with Gasteiger partial charge in [0.05, 0.1) is 35.7 Å². The predicted octanol–water partition coefficient (Wildman–Crippen LogP) is 5.32. The molecule has 2 N–H and O–H groups in total. The van der Waals surface area contributed by atoms with Gasteiger partial charge in [-0.15, -0.1) is 0 Å². The second kappa shape index (κ2) is 9.85. The fourth-order valence-electron chi connectivity index (χ4n) is 3.21. The van der Waals surface area contributed by atoms with E-state index in [2.05, 4.69) is 15.3 Å². The number of aromatic nitrogens is 2. The van der Waals surface area contributed by atoms with Crippen LogP contribution in [0.25, 0.3) is 11.1 Å². The number of ether oxygens (including phenoxy) is 1. The summed E-state index contributed by atoms with van der Waals surface area (Å²) in [5, 5.41) is 3.52. The summed E-state index contributed by atoms with van der Waals surface area (Å²) in [7, 11) is 0. The number of benzene rings is 1. The fraction of sp³-hybridized carbons (Fsp3) is 0.261. The van der Waals surface area contributed by atoms with Gasteiger partial charge in [0.15, 0.2) is 5.78 Å². The minimum Gasteiger partial charge on any atom is -0.380 e. The first-order chi connectivity index (χ1) is 14.9. The number of pyridine rings is 2. The van der Waals surface area contributed by atoms with Crippen molar-refractivity contribution in [3.63, 3.8) is 0 Å². The number of carbonyl (C=O) groups is 1. The molecule has 0 aliphatic carbocycles. The van der Waals surface area contributed by atoms with Gasteiger partial charge in [-0.2, -0.15) is 0 Å². The highest BCUT2D eigenvalue weighted by atomic mass is 35.5. The number of hydrogen-bond donors (Lipinski definition) is 2. The molecule has 1 fully saturated rings. The molecule has 6 nitrogen and oxygen atoms in total. The van der Waals surface area contributed by atoms with E-state index in [1.165, 1.54) is 31.3 Å². The first-order valence-corrected chi connectivity index (χ1v) is 10.3. The largest absolute Gasteiger partial charge is 0.380 e. The van der Waals surface area contributed by atoms with Gasteiger partial charge >= 0.3 is 0 Å². The Bertz CT molecular complexity index is 1160. The second-order valence-electron chi connectivity index (χ2n) is 6.80. The molecule has 0 amide bonds. The van der Waals surface area contributed by atoms with Crippen molar-refractivity contribution in [3.8, 4) is 11.1 Å². The number of ketones is 1. The first-order valence-electron chi connectivity index (χ1n) is 9.96. The first kappa shape index (κ1) is 22.7. The molecule has 3 heterocycles. The highest BCUT2D eigenvalue weighted by Crippen LogP contribution is 2.34. The molecule has 3 aromatic rings. The third-order valence-corrected chi connectivity index (χ3v) is 5.04. The van der Waals surface area contributed by atoms with Crippen LogP contribution >= 0.6 is 11.6 Å². The molecule has 0 unspecified atom stereocenters. The van der Waals surface area contributed by atoms with Crippen LogP contribution in [0, 0.1) is 5.82 Å². The molecule has 0 saturated carbocycles. The second-order valence-corrected chi connectivity index (χ2v) is 7.24. The molecule has 4 rings (SSSR count). The quantitative estimate of drug-likeness (QED) is 0.521. The summed E-state index contributed by atoms with van der Waals surface area (Å²) in [5.74, 6) is -0.718. The summed E-state index contributed by atoms with van der Waals surface area (Å²) in [6.45, 7) is 6.37. The molecule has 0 bridgehead atoms. The molecule has 1 aliphatic heterocycles. The van der Waals surface area contributed by atoms with E-state index in [1.54, 1.807) is 18.3 Å². The van der Waals surface area contributed by atoms with Gasteiger partial charge in [0, 0.05) is 34.6 Å². The maximum atomic E-state index is 14.4. The normalized spacial score (nSPS) is 13.1. The van der Waals surface area contributed by atoms with Crippen molar-refractivity contribution in [2.24, 2.45) is 0 Å². The lowest BCUT2D eigenvalue weighted by Gasteiger charge is -2.28. The van der Waals surface area contributed by atoms with Gasteiger partial charge in [-0.05, 0) is 37.3 Å². The fourth-order valence-corrected chi connectivity index (χ4v) is 3.38. The van der Waals surface area contributed by atoms with Crippen molar-refractivity contribution in [2.45, 2.75) is 26.7 Å². The van der Waals surface area contributed by atoms with E-state index in [4.69, 9.17) is 16.3 Å². The maximum Gasteiger partial charge on any atom is 0.256 e. The topological polar surface area (TPSA) is 84.1 Å². The van der Waals surface area contributed by atoms with Gasteiger partial charge < -0.3 is 15.0 Å². The summed E-state index contributed by atoms with van der Waals surface area (Å²) in [5.41, 5.74) is 1.94. The van der Waals surface area contributed by atoms with Gasteiger partial charge in [0.25, 0.3) is 5.56 Å². The van der Waals surface area contributed by atoms with E-state index in [9.17, 15) is 14.0 Å². The van der Waals surface area contributed by atoms with Crippen LogP contribution in [0.15, 0.2) is 47.5 Å². The van der Waals surface area contributed by atoms with Crippen LogP contribution < -0.4 is 10.9 Å². The highest BCUT2D eigenvalue weighted by Gasteiger charge is 2.26. The molecule has 1 aliphatic rings. The smallest absolute Gasteiger partial charge is 0.256 e. The zero-order valence-electron chi connectivity index (χ0n) is 17.5. The maximum absolute atomic E-state index is 14.4. The third kappa shape index (κ3) is 4.84. The minimum atomic E-state index is -0.557. The van der Waals surface area contributed by atoms with E-state index in [1.807, 2.05) is 13.8 Å². The SMILES string of the molecule is CC.CC(=O)c1cnccc1Nc1cc(-c2cc(Cl)ccc2F)c(=O)[nH]c1C1COC1. The number of anilines is 2. The molecular weight excluding hydrogens is 421 g/mol. The van der Waals surface area contributed by atoms with E-state index in [-0.39, 0.29) is 22.8 Å². The van der Waals surface area contributed by atoms with Crippen molar-refractivity contribution >= 4 is 28.8 Å². The lowest BCUT2D eigenvalue weighted by molar-refractivity contribution is 0.00695. The Balaban J connectivity index is 0.00000132. The molecule has 162 valence electrons. The summed E-state index contributed by atoms with van der Waals surface area (Å²) in [6.07, 6.45) is 3.03. The van der Waals surface area contributed by atoms with Crippen molar-refractivity contribution < 1.29 is 13.9 Å². The number of halogens is 2. The predicted molar refractivity (Wildman–Crippen MR) is 120 cm³/mol. The van der Waals surface area contributed by atoms with Crippen LogP contribution in [0.1, 0.15) is 42.7 Å². The number of nitrogens with zero attached hydrogens (tertiary/aromatic N) is 1. The van der Waals surface area contributed by atoms with E-state index in [0.717, 1.165) is 0 Å². The molecule has 0 spiro atoms. The van der Waals surface area contributed by atoms with Crippen LogP contribution in [0.2, 0.25) is 5.02 Å². The molecule has 1 aromatic carbocycles. The number of H-pyrrole nitrogens is 1. The number of carbonyl (C=O) groups excluding carboxylic acids is 1. The number of nitrogens with one attached hydrogen (secondary N) is 2. The number of rotatable bonds is 5. The molecule has 31 heavy (non-hydrogen) atoms. The number of Topliss-reactive ketones (excluding diaryl/α,β-unsaturated/α-hetero) is 1. The van der Waals surface area contributed by atoms with E-state index in [0.29, 0.717) is 40.9 Å². The van der Waals surface area contributed by atoms with Crippen LogP contribution in [0.3, 0.4) is 0 Å². The van der Waals surface area contributed by atoms with Crippen LogP contribution in [0.5, 0.6) is 0 Å². The number of hydrogen-bond acceptors (Lipinski definition) is 5. The van der Waals surface area contributed by atoms with Crippen molar-refractivity contribution in [1.29, 1.82) is 0 Å². The highest BCUT2D eigenvalue weighted by molar-refractivity contribution is 6.30. The molecule has 2 aromatic heterocycles. The van der Waals surface area contributed by atoms with Crippen molar-refractivity contribution in [3.05, 3.63) is 75.2 Å². The van der Waals surface area contributed by atoms with Gasteiger partial charge in [-0.3, -0.25) is 14.6 Å². The van der Waals surface area contributed by atoms with Crippen LogP contribution in [0.4, 0.5) is 15.8 Å². The molecular formula is C23H23ClFN3O3. The molecule has 0 radical (unpaired) electrons. The van der Waals surface area contributed by atoms with Crippen LogP contribution in [-0.4, -0.2) is 29.0 Å². The van der Waals surface area contributed by atoms with E-state index >= 15 is 0 Å². The van der Waals surface area contributed by atoms with Crippen molar-refractivity contribution in [2.75, 3.05) is 18.5 Å². The van der Waals surface area contributed by atoms with Gasteiger partial charge in [0.1, 0.15) is 5.82 Å². The Morgan fingerprint density at radius 2 is 1.94 bits per heavy atom. The zero-order chi connectivity index (χ0) is 22.5. The average molecular weight is 444 g/mol. The Morgan fingerprint density at radius 1 is 1.19 bits per heavy atom. The van der Waals surface area contributed by atoms with Gasteiger partial charge in [0.2, 0.25) is 0 Å². The molecule has 1 saturated heterocycles. The average Bonchev–Trinajstić information content (AvgIpc) is 2.72. The van der Waals surface area contributed by atoms with Crippen molar-refractivity contribution in [1.82, 2.24) is 9.97 Å². The van der Waals surface area contributed by atoms with E-state index < -0.39 is 11.4 Å². The summed E-state index contributed by atoms with van der Waals surface area (Å²) in [6, 6.07) is 7.29. The Labute approximate surface area is 184 Å². The molecule has 0 atom stereocenters. The standard InChI is InChI=1S/C21H17ClFN3O3.C2H6/c1-11(27)16-8-24-5-4-18(16)25-19-7-15(14-6-13(22)2-3-17(14)23)21(28)26-20(19)12-9-29-10-12;1-2/h2-8,12H,9-10H2,1H3,(H,24,25)(H,26,28);1-2H3. The lowest BCUT2D eigenvalue weighted by atomic mass is 9.98. The van der Waals surface area contributed by atoms with Gasteiger partial charge in [-0.25, -0.2) is 4.39 Å². The third-order valence-electron chi connectivity index (χ3n) is 4.81. The molecule has 8 heteroatoms. The lowest BCUT2D eigenvalue weighted by Crippen LogP contribution is -2.29. The monoisotopic (exact) mass is 443 g/mol. The Hall–Kier alpha value is -3.03. The number of aromatic amines is 1. The zero-order valence-corrected chi connectivity index (χ0v) is 18.2. The van der Waals surface area contributed by atoms with Gasteiger partial charge in [-0.1, -0.05) is 25.4 Å². The Morgan fingerprint density at radius 3 is 2.58 bits per heavy atom.